The van der Waals surface area contributed by atoms with Gasteiger partial charge in [0.1, 0.15) is 0 Å². The molecule has 0 aliphatic carbocycles. The zero-order valence-corrected chi connectivity index (χ0v) is 10.4. The van der Waals surface area contributed by atoms with Crippen LogP contribution in [0.4, 0.5) is 5.69 Å². The van der Waals surface area contributed by atoms with Crippen LogP contribution in [-0.4, -0.2) is 22.9 Å². The average Bonchev–Trinajstić information content (AvgIpc) is 2.96. The first kappa shape index (κ1) is 12.1. The fourth-order valence-electron chi connectivity index (χ4n) is 1.98. The van der Waals surface area contributed by atoms with Crippen molar-refractivity contribution in [3.63, 3.8) is 0 Å². The van der Waals surface area contributed by atoms with Gasteiger partial charge in [0, 0.05) is 6.07 Å². The quantitative estimate of drug-likeness (QED) is 0.797. The minimum Gasteiger partial charge on any atom is -0.351 e. The summed E-state index contributed by atoms with van der Waals surface area (Å²) in [6, 6.07) is 6.12. The molecule has 0 fully saturated rings. The van der Waals surface area contributed by atoms with E-state index in [2.05, 4.69) is 15.8 Å². The van der Waals surface area contributed by atoms with Gasteiger partial charge in [0.05, 0.1) is 22.5 Å². The highest BCUT2D eigenvalue weighted by molar-refractivity contribution is 6.24. The first-order chi connectivity index (χ1) is 9.56. The molecule has 20 heavy (non-hydrogen) atoms. The van der Waals surface area contributed by atoms with Crippen molar-refractivity contribution in [2.45, 2.75) is 6.92 Å². The van der Waals surface area contributed by atoms with Crippen molar-refractivity contribution >= 4 is 23.4 Å². The lowest BCUT2D eigenvalue weighted by molar-refractivity contribution is 0.0879. The zero-order chi connectivity index (χ0) is 14.3. The van der Waals surface area contributed by atoms with E-state index >= 15 is 0 Å². The van der Waals surface area contributed by atoms with Gasteiger partial charge in [-0.3, -0.25) is 19.7 Å². The van der Waals surface area contributed by atoms with Gasteiger partial charge in [-0.1, -0.05) is 11.2 Å². The van der Waals surface area contributed by atoms with Crippen molar-refractivity contribution in [3.8, 4) is 0 Å². The number of nitrogens with one attached hydrogen (secondary N) is 2. The molecule has 100 valence electrons. The van der Waals surface area contributed by atoms with Gasteiger partial charge in [-0.25, -0.2) is 0 Å². The van der Waals surface area contributed by atoms with E-state index in [1.807, 2.05) is 0 Å². The van der Waals surface area contributed by atoms with Crippen LogP contribution in [-0.2, 0) is 0 Å². The summed E-state index contributed by atoms with van der Waals surface area (Å²) in [6.45, 7) is 1.69. The number of benzene rings is 1. The minimum atomic E-state index is -0.536. The lowest BCUT2D eigenvalue weighted by atomic mass is 10.1. The second kappa shape index (κ2) is 4.30. The third kappa shape index (κ3) is 1.85. The maximum Gasteiger partial charge on any atom is 0.294 e. The van der Waals surface area contributed by atoms with Gasteiger partial charge in [-0.2, -0.15) is 0 Å². The Morgan fingerprint density at radius 3 is 2.80 bits per heavy atom. The van der Waals surface area contributed by atoms with Gasteiger partial charge in [0.2, 0.25) is 5.76 Å². The van der Waals surface area contributed by atoms with Gasteiger partial charge in [0.25, 0.3) is 17.7 Å². The minimum absolute atomic E-state index is 0.0323. The number of hydrogen-bond donors (Lipinski definition) is 2. The number of rotatable bonds is 2. The molecule has 2 aromatic rings. The van der Waals surface area contributed by atoms with Crippen LogP contribution in [0.25, 0.3) is 0 Å². The van der Waals surface area contributed by atoms with E-state index in [0.29, 0.717) is 5.69 Å². The third-order valence-corrected chi connectivity index (χ3v) is 2.86. The summed E-state index contributed by atoms with van der Waals surface area (Å²) in [5.74, 6) is -1.51. The molecule has 7 nitrogen and oxygen atoms in total. The van der Waals surface area contributed by atoms with Crippen molar-refractivity contribution < 1.29 is 18.9 Å². The maximum absolute atomic E-state index is 12.0. The van der Waals surface area contributed by atoms with Crippen LogP contribution in [0.1, 0.15) is 37.0 Å². The van der Waals surface area contributed by atoms with Crippen LogP contribution in [0.5, 0.6) is 0 Å². The molecular weight excluding hydrogens is 262 g/mol. The number of anilines is 1. The van der Waals surface area contributed by atoms with Gasteiger partial charge < -0.3 is 9.84 Å². The first-order valence-corrected chi connectivity index (χ1v) is 5.79. The van der Waals surface area contributed by atoms with Crippen LogP contribution in [0.3, 0.4) is 0 Å². The molecule has 0 unspecified atom stereocenters. The number of aryl methyl sites for hydroxylation is 1. The molecule has 0 bridgehead atoms. The van der Waals surface area contributed by atoms with E-state index < -0.39 is 17.7 Å². The highest BCUT2D eigenvalue weighted by Crippen LogP contribution is 2.24. The molecule has 0 saturated heterocycles. The van der Waals surface area contributed by atoms with Crippen LogP contribution in [0, 0.1) is 6.92 Å². The molecule has 0 radical (unpaired) electrons. The number of carbonyl (C=O) groups is 3. The Morgan fingerprint density at radius 1 is 1.30 bits per heavy atom. The Labute approximate surface area is 112 Å². The number of fused-ring (bicyclic) bond motifs is 1. The second-order valence-electron chi connectivity index (χ2n) is 4.30. The average molecular weight is 271 g/mol. The highest BCUT2D eigenvalue weighted by atomic mass is 16.5. The molecule has 1 aliphatic heterocycles. The fourth-order valence-corrected chi connectivity index (χ4v) is 1.98. The van der Waals surface area contributed by atoms with Gasteiger partial charge in [-0.05, 0) is 19.1 Å². The standard InChI is InChI=1S/C13H9N3O4/c1-6-5-9(20-16-6)12(18)14-8-4-2-3-7-10(8)13(19)15-11(7)17/h2-5H,1H3,(H,14,18)(H,15,17,19). The van der Waals surface area contributed by atoms with Crippen molar-refractivity contribution in [2.75, 3.05) is 5.32 Å². The van der Waals surface area contributed by atoms with E-state index in [4.69, 9.17) is 4.52 Å². The molecule has 0 saturated carbocycles. The predicted octanol–water partition coefficient (Wildman–Crippen LogP) is 1.12. The van der Waals surface area contributed by atoms with Crippen LogP contribution >= 0.6 is 0 Å². The number of nitrogens with zero attached hydrogens (tertiary/aromatic N) is 1. The van der Waals surface area contributed by atoms with Gasteiger partial charge >= 0.3 is 0 Å². The Hall–Kier alpha value is -2.96. The van der Waals surface area contributed by atoms with E-state index in [0.717, 1.165) is 0 Å². The van der Waals surface area contributed by atoms with Crippen LogP contribution in [0.15, 0.2) is 28.8 Å². The highest BCUT2D eigenvalue weighted by Gasteiger charge is 2.30. The number of imide groups is 1. The van der Waals surface area contributed by atoms with Gasteiger partial charge in [-0.15, -0.1) is 0 Å². The number of hydrogen-bond acceptors (Lipinski definition) is 5. The Bertz CT molecular complexity index is 748. The summed E-state index contributed by atoms with van der Waals surface area (Å²) in [5.41, 5.74) is 1.22. The lowest BCUT2D eigenvalue weighted by Gasteiger charge is -2.06. The molecule has 2 N–H and O–H groups in total. The number of aromatic nitrogens is 1. The molecule has 3 amide bonds. The summed E-state index contributed by atoms with van der Waals surface area (Å²) in [7, 11) is 0. The summed E-state index contributed by atoms with van der Waals surface area (Å²) < 4.78 is 4.84. The van der Waals surface area contributed by atoms with E-state index in [1.54, 1.807) is 13.0 Å². The normalized spacial score (nSPS) is 13.1. The van der Waals surface area contributed by atoms with Crippen molar-refractivity contribution in [2.24, 2.45) is 0 Å². The molecule has 2 heterocycles. The van der Waals surface area contributed by atoms with E-state index in [9.17, 15) is 14.4 Å². The smallest absolute Gasteiger partial charge is 0.294 e. The van der Waals surface area contributed by atoms with Crippen molar-refractivity contribution in [1.82, 2.24) is 10.5 Å². The largest absolute Gasteiger partial charge is 0.351 e. The van der Waals surface area contributed by atoms with Crippen molar-refractivity contribution in [3.05, 3.63) is 46.8 Å². The topological polar surface area (TPSA) is 101 Å². The van der Waals surface area contributed by atoms with Crippen LogP contribution in [0.2, 0.25) is 0 Å². The number of amides is 3. The van der Waals surface area contributed by atoms with E-state index in [-0.39, 0.29) is 22.6 Å². The summed E-state index contributed by atoms with van der Waals surface area (Å²) in [4.78, 5) is 35.2. The maximum atomic E-state index is 12.0. The summed E-state index contributed by atoms with van der Waals surface area (Å²) >= 11 is 0. The van der Waals surface area contributed by atoms with Gasteiger partial charge in [0.15, 0.2) is 0 Å². The molecule has 1 aromatic heterocycles. The SMILES string of the molecule is Cc1cc(C(=O)Nc2cccc3c2C(=O)NC3=O)on1. The Kier molecular flexibility index (Phi) is 2.60. The van der Waals surface area contributed by atoms with Crippen LogP contribution < -0.4 is 10.6 Å². The van der Waals surface area contributed by atoms with E-state index in [1.165, 1.54) is 18.2 Å². The van der Waals surface area contributed by atoms with Crippen molar-refractivity contribution in [1.29, 1.82) is 0 Å². The third-order valence-electron chi connectivity index (χ3n) is 2.86. The zero-order valence-electron chi connectivity index (χ0n) is 10.4. The Morgan fingerprint density at radius 2 is 2.10 bits per heavy atom. The first-order valence-electron chi connectivity index (χ1n) is 5.79. The Balaban J connectivity index is 1.95. The summed E-state index contributed by atoms with van der Waals surface area (Å²) in [5, 5.41) is 8.32. The molecule has 0 atom stereocenters. The second-order valence-corrected chi connectivity index (χ2v) is 4.30. The molecule has 1 aliphatic rings. The molecule has 7 heteroatoms. The molecule has 0 spiro atoms. The summed E-state index contributed by atoms with van der Waals surface area (Å²) in [6.07, 6.45) is 0. The monoisotopic (exact) mass is 271 g/mol. The number of carbonyl (C=O) groups excluding carboxylic acids is 3. The predicted molar refractivity (Wildman–Crippen MR) is 67.4 cm³/mol. The molecular formula is C13H9N3O4. The molecule has 3 rings (SSSR count). The lowest BCUT2D eigenvalue weighted by Crippen LogP contribution is -2.20. The fraction of sp³-hybridized carbons (Fsp3) is 0.0769. The molecule has 1 aromatic carbocycles.